The van der Waals surface area contributed by atoms with Gasteiger partial charge in [-0.3, -0.25) is 4.79 Å². The van der Waals surface area contributed by atoms with E-state index in [1.54, 1.807) is 24.2 Å². The van der Waals surface area contributed by atoms with Gasteiger partial charge in [0.15, 0.2) is 0 Å². The average molecular weight is 308 g/mol. The van der Waals surface area contributed by atoms with Crippen LogP contribution in [0.3, 0.4) is 0 Å². The van der Waals surface area contributed by atoms with Crippen molar-refractivity contribution in [3.63, 3.8) is 0 Å². The van der Waals surface area contributed by atoms with E-state index in [1.807, 2.05) is 48.5 Å². The molecular formula is C17H16N4O2. The van der Waals surface area contributed by atoms with Crippen molar-refractivity contribution in [2.24, 2.45) is 5.10 Å². The summed E-state index contributed by atoms with van der Waals surface area (Å²) < 4.78 is 6.92. The third kappa shape index (κ3) is 3.55. The highest BCUT2D eigenvalue weighted by Gasteiger charge is 2.05. The fraction of sp³-hybridized carbons (Fsp3) is 0.118. The van der Waals surface area contributed by atoms with E-state index in [2.05, 4.69) is 15.5 Å². The number of nitrogens with one attached hydrogen (secondary N) is 1. The lowest BCUT2D eigenvalue weighted by molar-refractivity contribution is -0.121. The molecule has 6 heteroatoms. The molecule has 0 atom stereocenters. The minimum absolute atomic E-state index is 0.163. The van der Waals surface area contributed by atoms with E-state index in [0.29, 0.717) is 0 Å². The molecule has 0 bridgehead atoms. The number of nitrogens with zero attached hydrogens (tertiary/aromatic N) is 3. The molecule has 1 amide bonds. The fourth-order valence-corrected chi connectivity index (χ4v) is 2.23. The zero-order chi connectivity index (χ0) is 16.1. The van der Waals surface area contributed by atoms with Crippen molar-refractivity contribution >= 4 is 23.2 Å². The van der Waals surface area contributed by atoms with E-state index in [1.165, 1.54) is 0 Å². The third-order valence-corrected chi connectivity index (χ3v) is 3.34. The minimum atomic E-state index is -0.215. The van der Waals surface area contributed by atoms with Crippen LogP contribution in [0.15, 0.2) is 60.0 Å². The Balaban J connectivity index is 1.62. The first kappa shape index (κ1) is 14.8. The summed E-state index contributed by atoms with van der Waals surface area (Å²) in [6, 6.07) is 15.1. The zero-order valence-electron chi connectivity index (χ0n) is 12.6. The van der Waals surface area contributed by atoms with Crippen LogP contribution in [-0.2, 0) is 11.3 Å². The molecule has 0 saturated carbocycles. The van der Waals surface area contributed by atoms with Crippen molar-refractivity contribution in [1.29, 1.82) is 0 Å². The molecule has 116 valence electrons. The van der Waals surface area contributed by atoms with Gasteiger partial charge in [-0.25, -0.2) is 10.4 Å². The van der Waals surface area contributed by atoms with Crippen LogP contribution in [0.4, 0.5) is 0 Å². The number of hydrazone groups is 1. The molecule has 0 aliphatic rings. The number of ether oxygens (including phenoxy) is 1. The fourth-order valence-electron chi connectivity index (χ4n) is 2.23. The first-order valence-electron chi connectivity index (χ1n) is 7.12. The van der Waals surface area contributed by atoms with E-state index in [9.17, 15) is 4.79 Å². The Hall–Kier alpha value is -3.15. The molecule has 1 N–H and O–H groups in total. The number of imidazole rings is 1. The molecule has 23 heavy (non-hydrogen) atoms. The molecule has 0 unspecified atom stereocenters. The van der Waals surface area contributed by atoms with Crippen molar-refractivity contribution in [1.82, 2.24) is 15.0 Å². The number of hydrogen-bond acceptors (Lipinski definition) is 4. The van der Waals surface area contributed by atoms with Gasteiger partial charge in [-0.1, -0.05) is 24.3 Å². The Labute approximate surface area is 133 Å². The summed E-state index contributed by atoms with van der Waals surface area (Å²) in [7, 11) is 1.60. The maximum atomic E-state index is 12.0. The number of carbonyl (C=O) groups is 1. The maximum Gasteiger partial charge on any atom is 0.260 e. The standard InChI is InChI=1S/C17H16N4O2/c1-23-14-6-4-5-13(9-14)10-19-20-17(22)11-21-12-18-15-7-2-3-8-16(15)21/h2-10,12H,11H2,1H3,(H,20,22)/b19-10+. The van der Waals surface area contributed by atoms with Crippen LogP contribution in [0.2, 0.25) is 0 Å². The van der Waals surface area contributed by atoms with E-state index < -0.39 is 0 Å². The van der Waals surface area contributed by atoms with Crippen LogP contribution in [0.1, 0.15) is 5.56 Å². The van der Waals surface area contributed by atoms with Crippen LogP contribution >= 0.6 is 0 Å². The average Bonchev–Trinajstić information content (AvgIpc) is 2.98. The van der Waals surface area contributed by atoms with Gasteiger partial charge >= 0.3 is 0 Å². The normalized spacial score (nSPS) is 11.0. The Morgan fingerprint density at radius 1 is 1.30 bits per heavy atom. The third-order valence-electron chi connectivity index (χ3n) is 3.34. The summed E-state index contributed by atoms with van der Waals surface area (Å²) in [5.41, 5.74) is 5.14. The molecule has 0 spiro atoms. The van der Waals surface area contributed by atoms with Crippen LogP contribution in [-0.4, -0.2) is 28.8 Å². The molecule has 6 nitrogen and oxygen atoms in total. The lowest BCUT2D eigenvalue weighted by Gasteiger charge is -2.03. The number of carbonyl (C=O) groups excluding carboxylic acids is 1. The van der Waals surface area contributed by atoms with Crippen molar-refractivity contribution in [2.45, 2.75) is 6.54 Å². The Morgan fingerprint density at radius 2 is 2.17 bits per heavy atom. The number of fused-ring (bicyclic) bond motifs is 1. The number of amides is 1. The number of aromatic nitrogens is 2. The van der Waals surface area contributed by atoms with E-state index in [4.69, 9.17) is 4.74 Å². The highest BCUT2D eigenvalue weighted by Crippen LogP contribution is 2.12. The summed E-state index contributed by atoms with van der Waals surface area (Å²) in [5, 5.41) is 3.96. The zero-order valence-corrected chi connectivity index (χ0v) is 12.6. The number of benzene rings is 2. The lowest BCUT2D eigenvalue weighted by atomic mass is 10.2. The second-order valence-electron chi connectivity index (χ2n) is 4.93. The predicted octanol–water partition coefficient (Wildman–Crippen LogP) is 2.20. The largest absolute Gasteiger partial charge is 0.497 e. The molecule has 3 rings (SSSR count). The predicted molar refractivity (Wildman–Crippen MR) is 88.5 cm³/mol. The molecule has 0 aliphatic carbocycles. The number of methoxy groups -OCH3 is 1. The molecule has 0 fully saturated rings. The van der Waals surface area contributed by atoms with Gasteiger partial charge in [0.2, 0.25) is 0 Å². The van der Waals surface area contributed by atoms with Gasteiger partial charge in [0.25, 0.3) is 5.91 Å². The number of rotatable bonds is 5. The number of hydrogen-bond donors (Lipinski definition) is 1. The SMILES string of the molecule is COc1cccc(/C=N/NC(=O)Cn2cnc3ccccc32)c1. The smallest absolute Gasteiger partial charge is 0.260 e. The van der Waals surface area contributed by atoms with Gasteiger partial charge in [-0.05, 0) is 29.8 Å². The Kier molecular flexibility index (Phi) is 4.33. The molecule has 1 heterocycles. The molecule has 0 aliphatic heterocycles. The molecule has 2 aromatic carbocycles. The molecule has 0 saturated heterocycles. The van der Waals surface area contributed by atoms with Gasteiger partial charge in [0.1, 0.15) is 12.3 Å². The van der Waals surface area contributed by atoms with Crippen molar-refractivity contribution in [2.75, 3.05) is 7.11 Å². The highest BCUT2D eigenvalue weighted by atomic mass is 16.5. The Morgan fingerprint density at radius 3 is 3.04 bits per heavy atom. The minimum Gasteiger partial charge on any atom is -0.497 e. The summed E-state index contributed by atoms with van der Waals surface area (Å²) in [5.74, 6) is 0.525. The monoisotopic (exact) mass is 308 g/mol. The summed E-state index contributed by atoms with van der Waals surface area (Å²) in [6.07, 6.45) is 3.22. The molecule has 1 aromatic heterocycles. The highest BCUT2D eigenvalue weighted by molar-refractivity contribution is 5.83. The summed E-state index contributed by atoms with van der Waals surface area (Å²) in [6.45, 7) is 0.163. The first-order valence-corrected chi connectivity index (χ1v) is 7.12. The van der Waals surface area contributed by atoms with Gasteiger partial charge in [0.05, 0.1) is 30.7 Å². The first-order chi connectivity index (χ1) is 11.3. The second-order valence-corrected chi connectivity index (χ2v) is 4.93. The van der Waals surface area contributed by atoms with Crippen LogP contribution < -0.4 is 10.2 Å². The van der Waals surface area contributed by atoms with E-state index in [0.717, 1.165) is 22.3 Å². The van der Waals surface area contributed by atoms with Crippen LogP contribution in [0, 0.1) is 0 Å². The topological polar surface area (TPSA) is 68.5 Å². The van der Waals surface area contributed by atoms with Crippen molar-refractivity contribution in [3.8, 4) is 5.75 Å². The summed E-state index contributed by atoms with van der Waals surface area (Å²) >= 11 is 0. The van der Waals surface area contributed by atoms with Crippen LogP contribution in [0.5, 0.6) is 5.75 Å². The molecule has 0 radical (unpaired) electrons. The van der Waals surface area contributed by atoms with Crippen molar-refractivity contribution < 1.29 is 9.53 Å². The van der Waals surface area contributed by atoms with Gasteiger partial charge in [-0.15, -0.1) is 0 Å². The van der Waals surface area contributed by atoms with Gasteiger partial charge < -0.3 is 9.30 Å². The molecular weight excluding hydrogens is 292 g/mol. The van der Waals surface area contributed by atoms with Gasteiger partial charge in [-0.2, -0.15) is 5.10 Å². The maximum absolute atomic E-state index is 12.0. The summed E-state index contributed by atoms with van der Waals surface area (Å²) in [4.78, 5) is 16.2. The van der Waals surface area contributed by atoms with Crippen LogP contribution in [0.25, 0.3) is 11.0 Å². The van der Waals surface area contributed by atoms with E-state index >= 15 is 0 Å². The Bertz CT molecular complexity index is 854. The van der Waals surface area contributed by atoms with Crippen molar-refractivity contribution in [3.05, 3.63) is 60.4 Å². The number of para-hydroxylation sites is 2. The van der Waals surface area contributed by atoms with E-state index in [-0.39, 0.29) is 12.5 Å². The van der Waals surface area contributed by atoms with Gasteiger partial charge in [0, 0.05) is 0 Å². The quantitative estimate of drug-likeness (QED) is 0.580. The lowest BCUT2D eigenvalue weighted by Crippen LogP contribution is -2.22. The molecule has 3 aromatic rings. The second kappa shape index (κ2) is 6.74.